The number of hydrogen-bond donors (Lipinski definition) is 3. The number of hydrogen-bond acceptors (Lipinski definition) is 4. The molecule has 1 heterocycles. The van der Waals surface area contributed by atoms with Gasteiger partial charge in [0.1, 0.15) is 0 Å². The average molecular weight is 388 g/mol. The zero-order valence-electron chi connectivity index (χ0n) is 15.6. The molecule has 1 aromatic heterocycles. The highest BCUT2D eigenvalue weighted by atomic mass is 16.2. The van der Waals surface area contributed by atoms with E-state index in [0.717, 1.165) is 5.56 Å². The number of carbonyl (C=O) groups excluding carboxylic acids is 3. The van der Waals surface area contributed by atoms with Crippen LogP contribution in [-0.4, -0.2) is 29.3 Å². The van der Waals surface area contributed by atoms with Gasteiger partial charge in [0.25, 0.3) is 11.8 Å². The SMILES string of the molecule is O=C(CNC(=O)c1ccccc1)Nc1cccc(CNC(=O)c2cccnc2)c1. The Morgan fingerprint density at radius 1 is 0.793 bits per heavy atom. The number of rotatable bonds is 7. The third-order valence-corrected chi connectivity index (χ3v) is 4.03. The lowest BCUT2D eigenvalue weighted by atomic mass is 10.2. The zero-order chi connectivity index (χ0) is 20.5. The third kappa shape index (κ3) is 6.00. The number of carbonyl (C=O) groups is 3. The first kappa shape index (κ1) is 19.8. The molecule has 0 aliphatic rings. The minimum absolute atomic E-state index is 0.143. The fourth-order valence-corrected chi connectivity index (χ4v) is 2.60. The van der Waals surface area contributed by atoms with Crippen molar-refractivity contribution in [3.8, 4) is 0 Å². The van der Waals surface area contributed by atoms with E-state index in [9.17, 15) is 14.4 Å². The van der Waals surface area contributed by atoms with Crippen molar-refractivity contribution >= 4 is 23.4 Å². The quantitative estimate of drug-likeness (QED) is 0.579. The highest BCUT2D eigenvalue weighted by Crippen LogP contribution is 2.11. The van der Waals surface area contributed by atoms with E-state index in [1.165, 1.54) is 6.20 Å². The highest BCUT2D eigenvalue weighted by molar-refractivity contribution is 5.99. The summed E-state index contributed by atoms with van der Waals surface area (Å²) in [6.07, 6.45) is 3.10. The summed E-state index contributed by atoms with van der Waals surface area (Å²) < 4.78 is 0. The Bertz CT molecular complexity index is 991. The van der Waals surface area contributed by atoms with Crippen molar-refractivity contribution in [3.05, 3.63) is 95.8 Å². The normalized spacial score (nSPS) is 10.1. The van der Waals surface area contributed by atoms with E-state index >= 15 is 0 Å². The molecule has 3 amide bonds. The Hall–Kier alpha value is -4.00. The Morgan fingerprint density at radius 2 is 1.55 bits per heavy atom. The molecule has 0 bridgehead atoms. The van der Waals surface area contributed by atoms with Crippen molar-refractivity contribution in [1.82, 2.24) is 15.6 Å². The lowest BCUT2D eigenvalue weighted by Crippen LogP contribution is -2.32. The van der Waals surface area contributed by atoms with Crippen LogP contribution >= 0.6 is 0 Å². The molecule has 29 heavy (non-hydrogen) atoms. The number of pyridine rings is 1. The van der Waals surface area contributed by atoms with Crippen LogP contribution in [0, 0.1) is 0 Å². The Labute approximate surface area is 168 Å². The molecule has 3 aromatic rings. The second kappa shape index (κ2) is 9.80. The van der Waals surface area contributed by atoms with Crippen LogP contribution in [0.3, 0.4) is 0 Å². The first-order valence-corrected chi connectivity index (χ1v) is 9.02. The molecule has 0 atom stereocenters. The van der Waals surface area contributed by atoms with Gasteiger partial charge in [-0.1, -0.05) is 30.3 Å². The number of nitrogens with zero attached hydrogens (tertiary/aromatic N) is 1. The molecule has 3 N–H and O–H groups in total. The van der Waals surface area contributed by atoms with Crippen molar-refractivity contribution in [2.24, 2.45) is 0 Å². The van der Waals surface area contributed by atoms with Gasteiger partial charge in [0.05, 0.1) is 12.1 Å². The second-order valence-corrected chi connectivity index (χ2v) is 6.22. The number of aromatic nitrogens is 1. The van der Waals surface area contributed by atoms with Gasteiger partial charge in [0.15, 0.2) is 0 Å². The predicted octanol–water partition coefficient (Wildman–Crippen LogP) is 2.38. The molecule has 0 saturated carbocycles. The molecule has 2 aromatic carbocycles. The maximum Gasteiger partial charge on any atom is 0.253 e. The van der Waals surface area contributed by atoms with Gasteiger partial charge in [-0.2, -0.15) is 0 Å². The van der Waals surface area contributed by atoms with Crippen molar-refractivity contribution < 1.29 is 14.4 Å². The Kier molecular flexibility index (Phi) is 6.67. The van der Waals surface area contributed by atoms with Crippen molar-refractivity contribution in [1.29, 1.82) is 0 Å². The standard InChI is InChI=1S/C22H20N4O3/c27-20(15-25-21(28)17-7-2-1-3-8-17)26-19-10-4-6-16(12-19)13-24-22(29)18-9-5-11-23-14-18/h1-12,14H,13,15H2,(H,24,29)(H,25,28)(H,26,27). The molecule has 0 radical (unpaired) electrons. The van der Waals surface area contributed by atoms with Gasteiger partial charge in [0.2, 0.25) is 5.91 Å². The van der Waals surface area contributed by atoms with E-state index < -0.39 is 0 Å². The van der Waals surface area contributed by atoms with Gasteiger partial charge < -0.3 is 16.0 Å². The maximum absolute atomic E-state index is 12.1. The average Bonchev–Trinajstić information content (AvgIpc) is 2.77. The fourth-order valence-electron chi connectivity index (χ4n) is 2.60. The minimum Gasteiger partial charge on any atom is -0.348 e. The molecule has 0 spiro atoms. The van der Waals surface area contributed by atoms with Gasteiger partial charge in [-0.05, 0) is 42.0 Å². The maximum atomic E-state index is 12.1. The van der Waals surface area contributed by atoms with Crippen LogP contribution in [0.5, 0.6) is 0 Å². The predicted molar refractivity (Wildman–Crippen MR) is 109 cm³/mol. The van der Waals surface area contributed by atoms with Crippen molar-refractivity contribution in [2.45, 2.75) is 6.54 Å². The van der Waals surface area contributed by atoms with Crippen LogP contribution in [0.4, 0.5) is 5.69 Å². The van der Waals surface area contributed by atoms with Gasteiger partial charge in [-0.25, -0.2) is 0 Å². The van der Waals surface area contributed by atoms with Gasteiger partial charge in [0, 0.05) is 30.2 Å². The first-order chi connectivity index (χ1) is 14.1. The summed E-state index contributed by atoms with van der Waals surface area (Å²) in [6, 6.07) is 19.2. The van der Waals surface area contributed by atoms with E-state index in [2.05, 4.69) is 20.9 Å². The summed E-state index contributed by atoms with van der Waals surface area (Å²) in [7, 11) is 0. The molecule has 0 unspecified atom stereocenters. The van der Waals surface area contributed by atoms with E-state index in [-0.39, 0.29) is 24.3 Å². The summed E-state index contributed by atoms with van der Waals surface area (Å²) in [6.45, 7) is 0.165. The molecule has 146 valence electrons. The molecule has 3 rings (SSSR count). The van der Waals surface area contributed by atoms with Crippen LogP contribution < -0.4 is 16.0 Å². The Balaban J connectivity index is 1.49. The monoisotopic (exact) mass is 388 g/mol. The van der Waals surface area contributed by atoms with E-state index in [1.54, 1.807) is 60.8 Å². The molecule has 0 aliphatic heterocycles. The second-order valence-electron chi connectivity index (χ2n) is 6.22. The molecule has 0 aliphatic carbocycles. The van der Waals surface area contributed by atoms with Crippen molar-refractivity contribution in [2.75, 3.05) is 11.9 Å². The minimum atomic E-state index is -0.342. The van der Waals surface area contributed by atoms with Gasteiger partial charge in [-0.15, -0.1) is 0 Å². The molecular formula is C22H20N4O3. The highest BCUT2D eigenvalue weighted by Gasteiger charge is 2.09. The fraction of sp³-hybridized carbons (Fsp3) is 0.0909. The van der Waals surface area contributed by atoms with Gasteiger partial charge >= 0.3 is 0 Å². The van der Waals surface area contributed by atoms with E-state index in [0.29, 0.717) is 23.4 Å². The number of benzene rings is 2. The van der Waals surface area contributed by atoms with E-state index in [4.69, 9.17) is 0 Å². The summed E-state index contributed by atoms with van der Waals surface area (Å²) in [5.41, 5.74) is 2.38. The molecule has 0 fully saturated rings. The molecular weight excluding hydrogens is 368 g/mol. The number of anilines is 1. The summed E-state index contributed by atoms with van der Waals surface area (Å²) in [4.78, 5) is 40.1. The smallest absolute Gasteiger partial charge is 0.253 e. The molecule has 7 nitrogen and oxygen atoms in total. The number of nitrogens with one attached hydrogen (secondary N) is 3. The molecule has 0 saturated heterocycles. The molecule has 7 heteroatoms. The van der Waals surface area contributed by atoms with Crippen LogP contribution in [0.1, 0.15) is 26.3 Å². The first-order valence-electron chi connectivity index (χ1n) is 9.02. The largest absolute Gasteiger partial charge is 0.348 e. The van der Waals surface area contributed by atoms with Gasteiger partial charge in [-0.3, -0.25) is 19.4 Å². The van der Waals surface area contributed by atoms with Crippen LogP contribution in [0.25, 0.3) is 0 Å². The van der Waals surface area contributed by atoms with Crippen molar-refractivity contribution in [3.63, 3.8) is 0 Å². The summed E-state index contributed by atoms with van der Waals surface area (Å²) in [5, 5.41) is 8.12. The topological polar surface area (TPSA) is 100 Å². The third-order valence-electron chi connectivity index (χ3n) is 4.03. The van der Waals surface area contributed by atoms with Crippen LogP contribution in [0.2, 0.25) is 0 Å². The van der Waals surface area contributed by atoms with Crippen LogP contribution in [0.15, 0.2) is 79.1 Å². The lowest BCUT2D eigenvalue weighted by molar-refractivity contribution is -0.115. The van der Waals surface area contributed by atoms with Crippen LogP contribution in [-0.2, 0) is 11.3 Å². The summed E-state index contributed by atoms with van der Waals surface area (Å²) >= 11 is 0. The zero-order valence-corrected chi connectivity index (χ0v) is 15.6. The van der Waals surface area contributed by atoms with E-state index in [1.807, 2.05) is 12.1 Å². The lowest BCUT2D eigenvalue weighted by Gasteiger charge is -2.09. The number of amides is 3. The summed E-state index contributed by atoms with van der Waals surface area (Å²) in [5.74, 6) is -0.880. The Morgan fingerprint density at radius 3 is 2.31 bits per heavy atom.